The zero-order valence-corrected chi connectivity index (χ0v) is 20.0. The van der Waals surface area contributed by atoms with Crippen LogP contribution >= 0.6 is 39.1 Å². The highest BCUT2D eigenvalue weighted by molar-refractivity contribution is 9.10. The van der Waals surface area contributed by atoms with Crippen LogP contribution in [0, 0.1) is 0 Å². The van der Waals surface area contributed by atoms with Crippen molar-refractivity contribution in [3.05, 3.63) is 80.2 Å². The summed E-state index contributed by atoms with van der Waals surface area (Å²) in [6.45, 7) is 4.35. The number of halogens is 3. The minimum absolute atomic E-state index is 0.344. The third-order valence-corrected chi connectivity index (χ3v) is 6.38. The molecular formula is C24H19BrCl2N2O2. The Morgan fingerprint density at radius 3 is 2.65 bits per heavy atom. The molecule has 0 spiro atoms. The fraction of sp³-hybridized carbons (Fsp3) is 0.167. The maximum absolute atomic E-state index is 12.7. The van der Waals surface area contributed by atoms with E-state index in [1.165, 1.54) is 5.56 Å². The monoisotopic (exact) mass is 516 g/mol. The number of amides is 1. The van der Waals surface area contributed by atoms with E-state index in [-0.39, 0.29) is 5.91 Å². The fourth-order valence-electron chi connectivity index (χ4n) is 3.23. The summed E-state index contributed by atoms with van der Waals surface area (Å²) in [6, 6.07) is 16.4. The average molecular weight is 518 g/mol. The van der Waals surface area contributed by atoms with Crippen molar-refractivity contribution in [2.75, 3.05) is 5.32 Å². The molecule has 0 aliphatic carbocycles. The molecule has 0 saturated heterocycles. The van der Waals surface area contributed by atoms with Gasteiger partial charge >= 0.3 is 0 Å². The van der Waals surface area contributed by atoms with Crippen molar-refractivity contribution in [2.24, 2.45) is 0 Å². The van der Waals surface area contributed by atoms with Crippen LogP contribution in [0.15, 0.2) is 63.5 Å². The standard InChI is InChI=1S/C24H19BrCl2N2O2/c1-3-13(2)14-5-9-22-21(10-14)29-24(31-22)15-4-7-19(27)20(11-15)28-23(30)17-12-16(25)6-8-18(17)26/h4-13H,3H2,1-2H3,(H,28,30)/t13-/m1/s1. The summed E-state index contributed by atoms with van der Waals surface area (Å²) >= 11 is 15.9. The molecule has 4 aromatic rings. The number of nitrogens with zero attached hydrogens (tertiary/aromatic N) is 1. The van der Waals surface area contributed by atoms with Gasteiger partial charge in [-0.1, -0.05) is 59.0 Å². The topological polar surface area (TPSA) is 55.1 Å². The summed E-state index contributed by atoms with van der Waals surface area (Å²) in [4.78, 5) is 17.4. The van der Waals surface area contributed by atoms with Gasteiger partial charge in [0.1, 0.15) is 5.52 Å². The molecule has 0 unspecified atom stereocenters. The Labute approximate surface area is 198 Å². The van der Waals surface area contributed by atoms with E-state index in [1.54, 1.807) is 30.3 Å². The number of hydrogen-bond acceptors (Lipinski definition) is 3. The predicted molar refractivity (Wildman–Crippen MR) is 130 cm³/mol. The first kappa shape index (κ1) is 21.9. The first-order valence-corrected chi connectivity index (χ1v) is 11.4. The van der Waals surface area contributed by atoms with Crippen molar-refractivity contribution in [3.63, 3.8) is 0 Å². The molecule has 0 bridgehead atoms. The number of hydrogen-bond donors (Lipinski definition) is 1. The quantitative estimate of drug-likeness (QED) is 0.289. The van der Waals surface area contributed by atoms with Crippen LogP contribution in [-0.2, 0) is 0 Å². The first-order valence-electron chi connectivity index (χ1n) is 9.82. The molecule has 1 aromatic heterocycles. The third kappa shape index (κ3) is 4.64. The fourth-order valence-corrected chi connectivity index (χ4v) is 3.95. The highest BCUT2D eigenvalue weighted by Gasteiger charge is 2.16. The van der Waals surface area contributed by atoms with Crippen molar-refractivity contribution in [1.29, 1.82) is 0 Å². The van der Waals surface area contributed by atoms with Crippen LogP contribution in [-0.4, -0.2) is 10.9 Å². The van der Waals surface area contributed by atoms with E-state index in [0.29, 0.717) is 44.3 Å². The Kier molecular flexibility index (Phi) is 6.37. The lowest BCUT2D eigenvalue weighted by Crippen LogP contribution is -2.13. The number of anilines is 1. The maximum Gasteiger partial charge on any atom is 0.257 e. The molecule has 1 atom stereocenters. The molecule has 1 N–H and O–H groups in total. The normalized spacial score (nSPS) is 12.2. The molecule has 31 heavy (non-hydrogen) atoms. The van der Waals surface area contributed by atoms with Gasteiger partial charge in [0.2, 0.25) is 5.89 Å². The van der Waals surface area contributed by atoms with Gasteiger partial charge in [0, 0.05) is 10.0 Å². The lowest BCUT2D eigenvalue weighted by atomic mass is 9.98. The third-order valence-electron chi connectivity index (χ3n) is 5.23. The van der Waals surface area contributed by atoms with E-state index in [2.05, 4.69) is 52.2 Å². The van der Waals surface area contributed by atoms with E-state index in [0.717, 1.165) is 16.4 Å². The molecule has 3 aromatic carbocycles. The molecule has 4 nitrogen and oxygen atoms in total. The molecular weight excluding hydrogens is 499 g/mol. The minimum Gasteiger partial charge on any atom is -0.436 e. The number of oxazole rings is 1. The Hall–Kier alpha value is -2.34. The summed E-state index contributed by atoms with van der Waals surface area (Å²) in [6.07, 6.45) is 1.05. The van der Waals surface area contributed by atoms with Crippen LogP contribution in [0.25, 0.3) is 22.6 Å². The summed E-state index contributed by atoms with van der Waals surface area (Å²) in [5.74, 6) is 0.553. The van der Waals surface area contributed by atoms with Gasteiger partial charge in [-0.3, -0.25) is 4.79 Å². The number of carbonyl (C=O) groups excluding carboxylic acids is 1. The summed E-state index contributed by atoms with van der Waals surface area (Å²) in [7, 11) is 0. The summed E-state index contributed by atoms with van der Waals surface area (Å²) in [5, 5.41) is 3.58. The molecule has 0 aliphatic heterocycles. The van der Waals surface area contributed by atoms with Crippen molar-refractivity contribution in [3.8, 4) is 11.5 Å². The van der Waals surface area contributed by atoms with E-state index in [4.69, 9.17) is 27.6 Å². The molecule has 1 heterocycles. The summed E-state index contributed by atoms with van der Waals surface area (Å²) in [5.41, 5.74) is 4.24. The van der Waals surface area contributed by atoms with Crippen LogP contribution in [0.2, 0.25) is 10.0 Å². The van der Waals surface area contributed by atoms with Crippen molar-refractivity contribution in [1.82, 2.24) is 4.98 Å². The Balaban J connectivity index is 1.66. The number of benzene rings is 3. The van der Waals surface area contributed by atoms with Gasteiger partial charge in [-0.2, -0.15) is 0 Å². The molecule has 0 saturated carbocycles. The average Bonchev–Trinajstić information content (AvgIpc) is 3.19. The molecule has 158 valence electrons. The minimum atomic E-state index is -0.360. The number of carbonyl (C=O) groups is 1. The molecule has 1 amide bonds. The van der Waals surface area contributed by atoms with E-state index >= 15 is 0 Å². The number of aromatic nitrogens is 1. The summed E-state index contributed by atoms with van der Waals surface area (Å²) < 4.78 is 6.70. The Morgan fingerprint density at radius 1 is 1.10 bits per heavy atom. The molecule has 0 fully saturated rings. The smallest absolute Gasteiger partial charge is 0.257 e. The highest BCUT2D eigenvalue weighted by Crippen LogP contribution is 2.32. The molecule has 4 rings (SSSR count). The molecule has 0 radical (unpaired) electrons. The Bertz CT molecular complexity index is 1290. The number of rotatable bonds is 5. The van der Waals surface area contributed by atoms with Crippen molar-refractivity contribution < 1.29 is 9.21 Å². The second-order valence-corrected chi connectivity index (χ2v) is 9.06. The van der Waals surface area contributed by atoms with Crippen LogP contribution in [0.3, 0.4) is 0 Å². The predicted octanol–water partition coefficient (Wildman–Crippen LogP) is 8.33. The SMILES string of the molecule is CC[C@@H](C)c1ccc2oc(-c3ccc(Cl)c(NC(=O)c4cc(Br)ccc4Cl)c3)nc2c1. The van der Waals surface area contributed by atoms with Gasteiger partial charge in [-0.15, -0.1) is 0 Å². The number of nitrogens with one attached hydrogen (secondary N) is 1. The second kappa shape index (κ2) is 9.03. The van der Waals surface area contributed by atoms with Gasteiger partial charge in [0.05, 0.1) is 21.3 Å². The zero-order chi connectivity index (χ0) is 22.1. The lowest BCUT2D eigenvalue weighted by molar-refractivity contribution is 0.102. The van der Waals surface area contributed by atoms with Gasteiger partial charge in [-0.05, 0) is 66.4 Å². The van der Waals surface area contributed by atoms with Crippen LogP contribution in [0.5, 0.6) is 0 Å². The van der Waals surface area contributed by atoms with E-state index < -0.39 is 0 Å². The van der Waals surface area contributed by atoms with E-state index in [9.17, 15) is 4.79 Å². The lowest BCUT2D eigenvalue weighted by Gasteiger charge is -2.10. The van der Waals surface area contributed by atoms with Gasteiger partial charge in [-0.25, -0.2) is 4.98 Å². The second-order valence-electron chi connectivity index (χ2n) is 7.33. The van der Waals surface area contributed by atoms with Crippen LogP contribution in [0.1, 0.15) is 42.1 Å². The number of fused-ring (bicyclic) bond motifs is 1. The first-order chi connectivity index (χ1) is 14.9. The molecule has 7 heteroatoms. The van der Waals surface area contributed by atoms with Gasteiger partial charge < -0.3 is 9.73 Å². The van der Waals surface area contributed by atoms with Gasteiger partial charge in [0.15, 0.2) is 5.58 Å². The van der Waals surface area contributed by atoms with Crippen LogP contribution in [0.4, 0.5) is 5.69 Å². The zero-order valence-electron chi connectivity index (χ0n) is 16.9. The van der Waals surface area contributed by atoms with Crippen molar-refractivity contribution in [2.45, 2.75) is 26.2 Å². The van der Waals surface area contributed by atoms with E-state index in [1.807, 2.05) is 12.1 Å². The largest absolute Gasteiger partial charge is 0.436 e. The van der Waals surface area contributed by atoms with Gasteiger partial charge in [0.25, 0.3) is 5.91 Å². The van der Waals surface area contributed by atoms with Crippen molar-refractivity contribution >= 4 is 61.8 Å². The Morgan fingerprint density at radius 2 is 1.87 bits per heavy atom. The van der Waals surface area contributed by atoms with Crippen LogP contribution < -0.4 is 5.32 Å². The maximum atomic E-state index is 12.7. The highest BCUT2D eigenvalue weighted by atomic mass is 79.9. The molecule has 0 aliphatic rings.